The fourth-order valence-corrected chi connectivity index (χ4v) is 4.82. The number of nitrogens with one attached hydrogen (secondary N) is 1. The lowest BCUT2D eigenvalue weighted by Gasteiger charge is -2.13. The van der Waals surface area contributed by atoms with Gasteiger partial charge in [0.2, 0.25) is 0 Å². The summed E-state index contributed by atoms with van der Waals surface area (Å²) in [7, 11) is -4.35. The molecule has 0 saturated heterocycles. The van der Waals surface area contributed by atoms with Crippen LogP contribution in [0.3, 0.4) is 0 Å². The molecule has 3 heterocycles. The molecule has 5 rings (SSSR count). The van der Waals surface area contributed by atoms with E-state index >= 15 is 0 Å². The number of anilines is 1. The third kappa shape index (κ3) is 7.77. The van der Waals surface area contributed by atoms with E-state index in [1.807, 2.05) is 0 Å². The molecule has 2 aromatic carbocycles. The summed E-state index contributed by atoms with van der Waals surface area (Å²) in [6, 6.07) is 6.21. The number of carboxylic acids is 1. The van der Waals surface area contributed by atoms with Crippen LogP contribution in [0.2, 0.25) is 5.02 Å². The van der Waals surface area contributed by atoms with Crippen molar-refractivity contribution in [3.8, 4) is 11.4 Å². The number of carboxylic acid groups (broad SMARTS) is 1. The Morgan fingerprint density at radius 2 is 1.72 bits per heavy atom. The maximum atomic E-state index is 14.1. The summed E-state index contributed by atoms with van der Waals surface area (Å²) in [4.78, 5) is 30.4. The van der Waals surface area contributed by atoms with Crippen molar-refractivity contribution in [1.29, 1.82) is 0 Å². The number of sulfonamides is 1. The summed E-state index contributed by atoms with van der Waals surface area (Å²) in [5.41, 5.74) is -3.82. The zero-order valence-electron chi connectivity index (χ0n) is 23.6. The summed E-state index contributed by atoms with van der Waals surface area (Å²) in [6.07, 6.45) is -2.92. The van der Waals surface area contributed by atoms with E-state index in [4.69, 9.17) is 21.4 Å². The number of hydrogen-bond donors (Lipinski definition) is 2. The van der Waals surface area contributed by atoms with Crippen LogP contribution < -0.4 is 15.0 Å². The van der Waals surface area contributed by atoms with E-state index in [1.165, 1.54) is 6.20 Å². The number of rotatable bonds is 7. The van der Waals surface area contributed by atoms with Gasteiger partial charge in [-0.05, 0) is 38.1 Å². The van der Waals surface area contributed by atoms with Gasteiger partial charge in [0.25, 0.3) is 26.5 Å². The van der Waals surface area contributed by atoms with Crippen LogP contribution in [0.25, 0.3) is 11.5 Å². The van der Waals surface area contributed by atoms with Crippen molar-refractivity contribution >= 4 is 39.1 Å². The second-order valence-electron chi connectivity index (χ2n) is 9.22. The summed E-state index contributed by atoms with van der Waals surface area (Å²) in [5, 5.41) is 14.7. The number of benzene rings is 2. The van der Waals surface area contributed by atoms with Gasteiger partial charge in [-0.15, -0.1) is 5.10 Å². The largest absolute Gasteiger partial charge is 0.480 e. The van der Waals surface area contributed by atoms with E-state index in [9.17, 15) is 44.3 Å². The second-order valence-corrected chi connectivity index (χ2v) is 11.2. The van der Waals surface area contributed by atoms with Gasteiger partial charge >= 0.3 is 12.1 Å². The molecule has 0 bridgehead atoms. The molecule has 2 N–H and O–H groups in total. The normalized spacial score (nSPS) is 11.6. The number of halogens is 7. The molecule has 0 spiro atoms. The minimum atomic E-state index is -4.79. The van der Waals surface area contributed by atoms with Crippen molar-refractivity contribution in [1.82, 2.24) is 29.4 Å². The lowest BCUT2D eigenvalue weighted by molar-refractivity contribution is -0.139. The topological polar surface area (TPSA) is 171 Å². The van der Waals surface area contributed by atoms with Crippen LogP contribution in [0.5, 0.6) is 5.75 Å². The molecule has 13 nitrogen and oxygen atoms in total. The van der Waals surface area contributed by atoms with Crippen molar-refractivity contribution in [3.05, 3.63) is 98.4 Å². The minimum absolute atomic E-state index is 0.0642. The highest BCUT2D eigenvalue weighted by molar-refractivity contribution is 7.92. The molecule has 21 heteroatoms. The zero-order chi connectivity index (χ0) is 34.8. The molecule has 0 aliphatic heterocycles. The maximum Gasteiger partial charge on any atom is 0.418 e. The van der Waals surface area contributed by atoms with Gasteiger partial charge in [-0.2, -0.15) is 36.4 Å². The third-order valence-corrected chi connectivity index (χ3v) is 7.29. The summed E-state index contributed by atoms with van der Waals surface area (Å²) < 4.78 is 112. The molecule has 47 heavy (non-hydrogen) atoms. The molecule has 0 radical (unpaired) electrons. The number of para-hydroxylation sites is 1. The summed E-state index contributed by atoms with van der Waals surface area (Å²) in [6.45, 7) is 1.84. The van der Waals surface area contributed by atoms with Crippen molar-refractivity contribution in [2.45, 2.75) is 25.2 Å². The average molecular weight is 706 g/mol. The van der Waals surface area contributed by atoms with Crippen LogP contribution in [0.4, 0.5) is 32.0 Å². The number of hydrogen-bond acceptors (Lipinski definition) is 9. The standard InChI is InChI=1S/C14H9ClF4N2O4.C12H9F2N5O2S/c1-6-7(14(17,18)19)4-20-21(13(6)24)10-3-11(25-5-12(22)23)8(15)2-9(10)16;1-7-5-6-19-11(15-7)16-12(17-19)22(20,21)18-10-8(13)3-2-4-9(10)14/h2-4H,5H2,1H3,(H,22,23);2-6,18H,1H3. The monoisotopic (exact) mass is 705 g/mol. The molecule has 248 valence electrons. The number of nitrogens with zero attached hydrogens (tertiary/aromatic N) is 6. The minimum Gasteiger partial charge on any atom is -0.480 e. The number of carbonyl (C=O) groups is 1. The SMILES string of the molecule is Cc1c(C(F)(F)F)cnn(-c2cc(OCC(=O)O)c(Cl)cc2F)c1=O.Cc1ccn2nc(S(=O)(=O)Nc3c(F)cccc3F)nc2n1. The number of alkyl halides is 3. The number of aromatic nitrogens is 6. The number of fused-ring (bicyclic) bond motifs is 1. The Labute approximate surface area is 264 Å². The molecular weight excluding hydrogens is 688 g/mol. The molecule has 0 aliphatic rings. The molecule has 0 atom stereocenters. The first-order chi connectivity index (χ1) is 21.9. The molecule has 5 aromatic rings. The van der Waals surface area contributed by atoms with Gasteiger partial charge in [-0.1, -0.05) is 17.7 Å². The molecule has 0 unspecified atom stereocenters. The van der Waals surface area contributed by atoms with E-state index in [0.717, 1.165) is 41.8 Å². The quantitative estimate of drug-likeness (QED) is 0.232. The Kier molecular flexibility index (Phi) is 9.76. The van der Waals surface area contributed by atoms with Crippen LogP contribution in [0, 0.1) is 31.3 Å². The number of aliphatic carboxylic acids is 1. The second kappa shape index (κ2) is 13.2. The van der Waals surface area contributed by atoms with E-state index in [-0.39, 0.29) is 16.5 Å². The van der Waals surface area contributed by atoms with Gasteiger partial charge in [0.15, 0.2) is 12.4 Å². The van der Waals surface area contributed by atoms with Crippen molar-refractivity contribution in [2.24, 2.45) is 0 Å². The predicted molar refractivity (Wildman–Crippen MR) is 150 cm³/mol. The Morgan fingerprint density at radius 1 is 1.06 bits per heavy atom. The summed E-state index contributed by atoms with van der Waals surface area (Å²) >= 11 is 5.71. The third-order valence-electron chi connectivity index (χ3n) is 5.87. The first-order valence-corrected chi connectivity index (χ1v) is 14.4. The highest BCUT2D eigenvalue weighted by Gasteiger charge is 2.34. The highest BCUT2D eigenvalue weighted by atomic mass is 35.5. The fraction of sp³-hybridized carbons (Fsp3) is 0.154. The number of ether oxygens (including phenoxy) is 1. The fourth-order valence-electron chi connectivity index (χ4n) is 3.66. The van der Waals surface area contributed by atoms with Gasteiger partial charge in [-0.3, -0.25) is 9.52 Å². The molecular formula is C26H18ClF6N7O6S. The first-order valence-electron chi connectivity index (χ1n) is 12.6. The van der Waals surface area contributed by atoms with Crippen LogP contribution in [-0.4, -0.2) is 55.5 Å². The number of aryl methyl sites for hydroxylation is 1. The van der Waals surface area contributed by atoms with E-state index in [2.05, 4.69) is 20.2 Å². The smallest absolute Gasteiger partial charge is 0.418 e. The maximum absolute atomic E-state index is 14.1. The molecule has 3 aromatic heterocycles. The van der Waals surface area contributed by atoms with Gasteiger partial charge in [0, 0.05) is 23.5 Å². The van der Waals surface area contributed by atoms with E-state index in [1.54, 1.807) is 17.7 Å². The Morgan fingerprint density at radius 3 is 2.34 bits per heavy atom. The Bertz CT molecular complexity index is 2160. The Hall–Kier alpha value is -5.24. The first kappa shape index (κ1) is 34.6. The predicted octanol–water partition coefficient (Wildman–Crippen LogP) is 4.33. The zero-order valence-corrected chi connectivity index (χ0v) is 25.1. The molecule has 0 saturated carbocycles. The lowest BCUT2D eigenvalue weighted by Crippen LogP contribution is -2.28. The average Bonchev–Trinajstić information content (AvgIpc) is 3.40. The van der Waals surface area contributed by atoms with Gasteiger partial charge in [0.1, 0.15) is 28.8 Å². The lowest BCUT2D eigenvalue weighted by atomic mass is 10.2. The van der Waals surface area contributed by atoms with Gasteiger partial charge in [-0.25, -0.2) is 27.5 Å². The molecule has 0 aliphatic carbocycles. The Balaban J connectivity index is 0.000000214. The van der Waals surface area contributed by atoms with E-state index in [0.29, 0.717) is 16.6 Å². The van der Waals surface area contributed by atoms with Crippen LogP contribution in [-0.2, 0) is 21.0 Å². The van der Waals surface area contributed by atoms with Crippen molar-refractivity contribution < 1.29 is 49.4 Å². The highest BCUT2D eigenvalue weighted by Crippen LogP contribution is 2.32. The van der Waals surface area contributed by atoms with Crippen molar-refractivity contribution in [3.63, 3.8) is 0 Å². The molecule has 0 amide bonds. The van der Waals surface area contributed by atoms with Gasteiger partial charge < -0.3 is 9.84 Å². The van der Waals surface area contributed by atoms with Crippen LogP contribution >= 0.6 is 11.6 Å². The van der Waals surface area contributed by atoms with E-state index < -0.39 is 79.4 Å². The summed E-state index contributed by atoms with van der Waals surface area (Å²) in [5.74, 6) is -4.67. The molecule has 0 fully saturated rings. The van der Waals surface area contributed by atoms with Crippen LogP contribution in [0.1, 0.15) is 16.8 Å². The van der Waals surface area contributed by atoms with Gasteiger partial charge in [0.05, 0.1) is 16.8 Å². The van der Waals surface area contributed by atoms with Crippen LogP contribution in [0.15, 0.2) is 58.7 Å². The van der Waals surface area contributed by atoms with Crippen molar-refractivity contribution in [2.75, 3.05) is 11.3 Å².